The first-order valence-corrected chi connectivity index (χ1v) is 10.1. The van der Waals surface area contributed by atoms with Gasteiger partial charge in [0.25, 0.3) is 0 Å². The monoisotopic (exact) mass is 421 g/mol. The van der Waals surface area contributed by atoms with E-state index in [0.29, 0.717) is 24.3 Å². The maximum Gasteiger partial charge on any atom is 0.330 e. The van der Waals surface area contributed by atoms with E-state index in [4.69, 9.17) is 4.74 Å². The Morgan fingerprint density at radius 1 is 1.16 bits per heavy atom. The Labute approximate surface area is 182 Å². The van der Waals surface area contributed by atoms with Crippen LogP contribution in [0.25, 0.3) is 0 Å². The van der Waals surface area contributed by atoms with Crippen LogP contribution in [0.4, 0.5) is 5.69 Å². The fourth-order valence-corrected chi connectivity index (χ4v) is 4.01. The minimum atomic E-state index is -0.873. The topological polar surface area (TPSA) is 72.9 Å². The van der Waals surface area contributed by atoms with Gasteiger partial charge in [-0.05, 0) is 49.9 Å². The van der Waals surface area contributed by atoms with Crippen molar-refractivity contribution in [2.24, 2.45) is 0 Å². The van der Waals surface area contributed by atoms with Crippen molar-refractivity contribution in [3.8, 4) is 5.75 Å². The second kappa shape index (κ2) is 8.76. The molecule has 2 aromatic carbocycles. The van der Waals surface area contributed by atoms with E-state index in [1.807, 2.05) is 57.2 Å². The molecule has 6 nitrogen and oxygen atoms in total. The van der Waals surface area contributed by atoms with E-state index in [1.54, 1.807) is 11.0 Å². The van der Waals surface area contributed by atoms with E-state index >= 15 is 0 Å². The second-order valence-corrected chi connectivity index (χ2v) is 8.13. The molecule has 0 bridgehead atoms. The van der Waals surface area contributed by atoms with Crippen molar-refractivity contribution < 1.29 is 23.9 Å². The van der Waals surface area contributed by atoms with Crippen molar-refractivity contribution in [1.82, 2.24) is 0 Å². The van der Waals surface area contributed by atoms with Gasteiger partial charge >= 0.3 is 11.9 Å². The molecule has 1 aliphatic rings. The molecular formula is C25H27NO5. The number of allylic oxidation sites excluding steroid dienone is 1. The van der Waals surface area contributed by atoms with Crippen LogP contribution in [-0.2, 0) is 37.5 Å². The standard InChI is InChI=1S/C25H27NO5/c1-16-14-19(12-9-13-20(28)30-5)23(31-17(2)27)21-22(16)26(24(29)25(21,3)4)15-18-10-7-6-8-11-18/h6-11,13-14H,12,15H2,1-5H3/b13-9-. The number of carbonyl (C=O) groups excluding carboxylic acids is 3. The third-order valence-electron chi connectivity index (χ3n) is 5.42. The molecule has 0 spiro atoms. The highest BCUT2D eigenvalue weighted by Gasteiger charge is 2.47. The lowest BCUT2D eigenvalue weighted by molar-refractivity contribution is -0.135. The van der Waals surface area contributed by atoms with Gasteiger partial charge in [0.1, 0.15) is 5.75 Å². The maximum absolute atomic E-state index is 13.4. The van der Waals surface area contributed by atoms with Crippen molar-refractivity contribution in [3.63, 3.8) is 0 Å². The molecule has 3 rings (SSSR count). The van der Waals surface area contributed by atoms with Crippen LogP contribution >= 0.6 is 0 Å². The molecule has 162 valence electrons. The molecule has 0 aliphatic carbocycles. The van der Waals surface area contributed by atoms with Gasteiger partial charge in [-0.3, -0.25) is 9.59 Å². The summed E-state index contributed by atoms with van der Waals surface area (Å²) in [6.07, 6.45) is 3.35. The highest BCUT2D eigenvalue weighted by Crippen LogP contribution is 2.50. The number of ether oxygens (including phenoxy) is 2. The number of benzene rings is 2. The molecule has 1 amide bonds. The zero-order valence-corrected chi connectivity index (χ0v) is 18.5. The molecule has 1 heterocycles. The van der Waals surface area contributed by atoms with Crippen molar-refractivity contribution in [3.05, 3.63) is 70.8 Å². The molecule has 2 aromatic rings. The largest absolute Gasteiger partial charge is 0.466 e. The number of rotatable bonds is 6. The van der Waals surface area contributed by atoms with Gasteiger partial charge < -0.3 is 14.4 Å². The van der Waals surface area contributed by atoms with Crippen LogP contribution in [0.2, 0.25) is 0 Å². The quantitative estimate of drug-likeness (QED) is 0.400. The third-order valence-corrected chi connectivity index (χ3v) is 5.42. The summed E-state index contributed by atoms with van der Waals surface area (Å²) in [4.78, 5) is 38.6. The summed E-state index contributed by atoms with van der Waals surface area (Å²) >= 11 is 0. The number of anilines is 1. The molecule has 0 aromatic heterocycles. The van der Waals surface area contributed by atoms with E-state index < -0.39 is 17.4 Å². The van der Waals surface area contributed by atoms with Gasteiger partial charge in [0.15, 0.2) is 0 Å². The van der Waals surface area contributed by atoms with E-state index in [0.717, 1.165) is 22.4 Å². The van der Waals surface area contributed by atoms with E-state index in [1.165, 1.54) is 20.1 Å². The van der Waals surface area contributed by atoms with Gasteiger partial charge in [-0.1, -0.05) is 36.4 Å². The Kier molecular flexibility index (Phi) is 6.29. The van der Waals surface area contributed by atoms with Gasteiger partial charge in [0.2, 0.25) is 5.91 Å². The smallest absolute Gasteiger partial charge is 0.330 e. The number of methoxy groups -OCH3 is 1. The summed E-state index contributed by atoms with van der Waals surface area (Å²) in [5.41, 5.74) is 3.25. The highest BCUT2D eigenvalue weighted by molar-refractivity contribution is 6.09. The summed E-state index contributed by atoms with van der Waals surface area (Å²) in [5, 5.41) is 0. The van der Waals surface area contributed by atoms with Crippen LogP contribution in [0.1, 0.15) is 43.0 Å². The fraction of sp³-hybridized carbons (Fsp3) is 0.320. The van der Waals surface area contributed by atoms with Gasteiger partial charge in [-0.15, -0.1) is 0 Å². The zero-order valence-electron chi connectivity index (χ0n) is 18.5. The Morgan fingerprint density at radius 2 is 1.84 bits per heavy atom. The molecule has 0 atom stereocenters. The Hall–Kier alpha value is -3.41. The van der Waals surface area contributed by atoms with Gasteiger partial charge in [0.05, 0.1) is 24.8 Å². The summed E-state index contributed by atoms with van der Waals surface area (Å²) < 4.78 is 10.3. The van der Waals surface area contributed by atoms with E-state index in [-0.39, 0.29) is 5.91 Å². The van der Waals surface area contributed by atoms with Crippen LogP contribution in [0.5, 0.6) is 5.75 Å². The number of esters is 2. The van der Waals surface area contributed by atoms with E-state index in [2.05, 4.69) is 4.74 Å². The zero-order chi connectivity index (χ0) is 22.8. The number of amides is 1. The Bertz CT molecular complexity index is 1050. The summed E-state index contributed by atoms with van der Waals surface area (Å²) in [6, 6.07) is 11.7. The summed E-state index contributed by atoms with van der Waals surface area (Å²) in [7, 11) is 1.31. The number of aryl methyl sites for hydroxylation is 1. The lowest BCUT2D eigenvalue weighted by Gasteiger charge is -2.21. The summed E-state index contributed by atoms with van der Waals surface area (Å²) in [6.45, 7) is 7.40. The minimum absolute atomic E-state index is 0.0508. The predicted molar refractivity (Wildman–Crippen MR) is 118 cm³/mol. The first kappa shape index (κ1) is 22.3. The van der Waals surface area contributed by atoms with Gasteiger partial charge in [0, 0.05) is 18.6 Å². The van der Waals surface area contributed by atoms with Crippen molar-refractivity contribution in [1.29, 1.82) is 0 Å². The number of carbonyl (C=O) groups is 3. The fourth-order valence-electron chi connectivity index (χ4n) is 4.01. The van der Waals surface area contributed by atoms with Gasteiger partial charge in [-0.25, -0.2) is 4.79 Å². The number of hydrogen-bond donors (Lipinski definition) is 0. The molecule has 0 saturated heterocycles. The maximum atomic E-state index is 13.4. The molecule has 1 aliphatic heterocycles. The van der Waals surface area contributed by atoms with Crippen molar-refractivity contribution >= 4 is 23.5 Å². The van der Waals surface area contributed by atoms with Crippen LogP contribution in [0.3, 0.4) is 0 Å². The molecule has 0 unspecified atom stereocenters. The molecule has 0 saturated carbocycles. The molecular weight excluding hydrogens is 394 g/mol. The normalized spacial score (nSPS) is 14.6. The molecule has 31 heavy (non-hydrogen) atoms. The average molecular weight is 421 g/mol. The third kappa shape index (κ3) is 4.38. The molecule has 0 N–H and O–H groups in total. The molecule has 0 radical (unpaired) electrons. The van der Waals surface area contributed by atoms with Gasteiger partial charge in [-0.2, -0.15) is 0 Å². The first-order valence-electron chi connectivity index (χ1n) is 10.1. The van der Waals surface area contributed by atoms with Crippen LogP contribution in [-0.4, -0.2) is 25.0 Å². The molecule has 0 fully saturated rings. The highest BCUT2D eigenvalue weighted by atomic mass is 16.5. The Morgan fingerprint density at radius 3 is 2.45 bits per heavy atom. The lowest BCUT2D eigenvalue weighted by Crippen LogP contribution is -2.36. The minimum Gasteiger partial charge on any atom is -0.466 e. The predicted octanol–water partition coefficient (Wildman–Crippen LogP) is 4.02. The first-order chi connectivity index (χ1) is 14.7. The van der Waals surface area contributed by atoms with Crippen molar-refractivity contribution in [2.75, 3.05) is 12.0 Å². The Balaban J connectivity index is 2.14. The summed E-state index contributed by atoms with van der Waals surface area (Å²) in [5.74, 6) is -0.591. The number of fused-ring (bicyclic) bond motifs is 1. The molecule has 6 heteroatoms. The van der Waals surface area contributed by atoms with E-state index in [9.17, 15) is 14.4 Å². The number of nitrogens with zero attached hydrogens (tertiary/aromatic N) is 1. The number of hydrogen-bond acceptors (Lipinski definition) is 5. The SMILES string of the molecule is COC(=O)/C=C\Cc1cc(C)c2c(c1OC(C)=O)C(C)(C)C(=O)N2Cc1ccccc1. The van der Waals surface area contributed by atoms with Crippen LogP contribution in [0.15, 0.2) is 48.6 Å². The van der Waals surface area contributed by atoms with Crippen LogP contribution in [0, 0.1) is 6.92 Å². The van der Waals surface area contributed by atoms with Crippen LogP contribution < -0.4 is 9.64 Å². The lowest BCUT2D eigenvalue weighted by atomic mass is 9.83. The average Bonchev–Trinajstić information content (AvgIpc) is 2.92. The second-order valence-electron chi connectivity index (χ2n) is 8.13. The van der Waals surface area contributed by atoms with Crippen molar-refractivity contribution in [2.45, 2.75) is 46.1 Å².